The monoisotopic (exact) mass is 228 g/mol. The van der Waals surface area contributed by atoms with Gasteiger partial charge in [0.15, 0.2) is 0 Å². The summed E-state index contributed by atoms with van der Waals surface area (Å²) in [7, 11) is 0. The Morgan fingerprint density at radius 2 is 1.94 bits per heavy atom. The molecule has 1 fully saturated rings. The van der Waals surface area contributed by atoms with Gasteiger partial charge < -0.3 is 9.52 Å². The Hall–Kier alpha value is -2.10. The van der Waals surface area contributed by atoms with E-state index in [0.29, 0.717) is 17.4 Å². The lowest BCUT2D eigenvalue weighted by Gasteiger charge is -1.99. The van der Waals surface area contributed by atoms with Crippen LogP contribution < -0.4 is 0 Å². The van der Waals surface area contributed by atoms with Gasteiger partial charge >= 0.3 is 0 Å². The average Bonchev–Trinajstić information content (AvgIpc) is 3.07. The SMILES string of the molecule is C=C(O)c1ccc(-c2nnc(C3CC3)o2)cc1. The van der Waals surface area contributed by atoms with Crippen molar-refractivity contribution in [2.45, 2.75) is 18.8 Å². The van der Waals surface area contributed by atoms with Crippen molar-refractivity contribution < 1.29 is 9.52 Å². The van der Waals surface area contributed by atoms with Crippen LogP contribution in [-0.2, 0) is 0 Å². The Morgan fingerprint density at radius 1 is 1.24 bits per heavy atom. The first kappa shape index (κ1) is 10.1. The topological polar surface area (TPSA) is 59.2 Å². The quantitative estimate of drug-likeness (QED) is 0.820. The van der Waals surface area contributed by atoms with Gasteiger partial charge in [-0.1, -0.05) is 18.7 Å². The molecule has 0 radical (unpaired) electrons. The molecule has 1 heterocycles. The Morgan fingerprint density at radius 3 is 2.53 bits per heavy atom. The predicted molar refractivity (Wildman–Crippen MR) is 63.4 cm³/mol. The van der Waals surface area contributed by atoms with Crippen molar-refractivity contribution in [3.8, 4) is 11.5 Å². The first-order valence-corrected chi connectivity index (χ1v) is 5.56. The minimum Gasteiger partial charge on any atom is -0.508 e. The molecule has 1 aromatic carbocycles. The molecule has 0 atom stereocenters. The van der Waals surface area contributed by atoms with Crippen LogP contribution in [0.1, 0.15) is 30.2 Å². The molecule has 86 valence electrons. The minimum absolute atomic E-state index is 0.0562. The van der Waals surface area contributed by atoms with Gasteiger partial charge in [-0.25, -0.2) is 0 Å². The van der Waals surface area contributed by atoms with Crippen molar-refractivity contribution >= 4 is 5.76 Å². The van der Waals surface area contributed by atoms with E-state index in [0.717, 1.165) is 24.3 Å². The third-order valence-corrected chi connectivity index (χ3v) is 2.83. The lowest BCUT2D eigenvalue weighted by atomic mass is 10.1. The normalized spacial score (nSPS) is 14.8. The standard InChI is InChI=1S/C13H12N2O2/c1-8(16)9-2-4-10(5-3-9)12-14-15-13(17-12)11-6-7-11/h2-5,11,16H,1,6-7H2. The Kier molecular flexibility index (Phi) is 2.21. The van der Waals surface area contributed by atoms with Crippen LogP contribution in [-0.4, -0.2) is 15.3 Å². The van der Waals surface area contributed by atoms with E-state index in [1.807, 2.05) is 12.1 Å². The summed E-state index contributed by atoms with van der Waals surface area (Å²) in [6, 6.07) is 7.22. The van der Waals surface area contributed by atoms with E-state index in [2.05, 4.69) is 16.8 Å². The van der Waals surface area contributed by atoms with Crippen LogP contribution in [0, 0.1) is 0 Å². The van der Waals surface area contributed by atoms with Crippen LogP contribution in [0.2, 0.25) is 0 Å². The van der Waals surface area contributed by atoms with Gasteiger partial charge in [0, 0.05) is 17.0 Å². The Balaban J connectivity index is 1.89. The van der Waals surface area contributed by atoms with E-state index in [1.165, 1.54) is 0 Å². The minimum atomic E-state index is 0.0562. The zero-order valence-corrected chi connectivity index (χ0v) is 9.26. The highest BCUT2D eigenvalue weighted by Crippen LogP contribution is 2.39. The van der Waals surface area contributed by atoms with Gasteiger partial charge in [-0.2, -0.15) is 0 Å². The van der Waals surface area contributed by atoms with Crippen molar-refractivity contribution in [3.63, 3.8) is 0 Å². The number of rotatable bonds is 3. The molecule has 0 saturated heterocycles. The third kappa shape index (κ3) is 1.93. The van der Waals surface area contributed by atoms with Crippen LogP contribution >= 0.6 is 0 Å². The predicted octanol–water partition coefficient (Wildman–Crippen LogP) is 3.14. The fraction of sp³-hybridized carbons (Fsp3) is 0.231. The van der Waals surface area contributed by atoms with Crippen LogP contribution in [0.15, 0.2) is 35.3 Å². The van der Waals surface area contributed by atoms with Gasteiger partial charge in [-0.05, 0) is 25.0 Å². The van der Waals surface area contributed by atoms with Crippen molar-refractivity contribution in [1.82, 2.24) is 10.2 Å². The fourth-order valence-corrected chi connectivity index (χ4v) is 1.65. The molecule has 1 aromatic heterocycles. The molecule has 0 unspecified atom stereocenters. The average molecular weight is 228 g/mol. The highest BCUT2D eigenvalue weighted by Gasteiger charge is 2.29. The number of benzene rings is 1. The third-order valence-electron chi connectivity index (χ3n) is 2.83. The number of aromatic nitrogens is 2. The molecule has 0 aliphatic heterocycles. The molecule has 17 heavy (non-hydrogen) atoms. The summed E-state index contributed by atoms with van der Waals surface area (Å²) >= 11 is 0. The van der Waals surface area contributed by atoms with E-state index in [-0.39, 0.29) is 5.76 Å². The van der Waals surface area contributed by atoms with Gasteiger partial charge in [0.25, 0.3) is 0 Å². The van der Waals surface area contributed by atoms with E-state index in [9.17, 15) is 5.11 Å². The first-order chi connectivity index (χ1) is 8.24. The first-order valence-electron chi connectivity index (χ1n) is 5.56. The second-order valence-electron chi connectivity index (χ2n) is 4.24. The number of aliphatic hydroxyl groups is 1. The molecule has 2 aromatic rings. The Bertz CT molecular complexity index is 553. The summed E-state index contributed by atoms with van der Waals surface area (Å²) in [5.41, 5.74) is 1.55. The van der Waals surface area contributed by atoms with Gasteiger partial charge in [0.1, 0.15) is 5.76 Å². The lowest BCUT2D eigenvalue weighted by molar-refractivity contribution is 0.508. The van der Waals surface area contributed by atoms with Crippen LogP contribution in [0.3, 0.4) is 0 Å². The molecule has 1 N–H and O–H groups in total. The zero-order chi connectivity index (χ0) is 11.8. The molecular formula is C13H12N2O2. The fourth-order valence-electron chi connectivity index (χ4n) is 1.65. The van der Waals surface area contributed by atoms with E-state index in [1.54, 1.807) is 12.1 Å². The number of aliphatic hydroxyl groups excluding tert-OH is 1. The van der Waals surface area contributed by atoms with Gasteiger partial charge in [0.05, 0.1) is 0 Å². The van der Waals surface area contributed by atoms with Crippen LogP contribution in [0.25, 0.3) is 17.2 Å². The zero-order valence-electron chi connectivity index (χ0n) is 9.26. The van der Waals surface area contributed by atoms with Crippen molar-refractivity contribution in [2.75, 3.05) is 0 Å². The van der Waals surface area contributed by atoms with Crippen LogP contribution in [0.5, 0.6) is 0 Å². The highest BCUT2D eigenvalue weighted by molar-refractivity contribution is 5.61. The summed E-state index contributed by atoms with van der Waals surface area (Å²) < 4.78 is 5.59. The molecule has 1 saturated carbocycles. The second kappa shape index (κ2) is 3.73. The summed E-state index contributed by atoms with van der Waals surface area (Å²) in [5, 5.41) is 17.3. The summed E-state index contributed by atoms with van der Waals surface area (Å²) in [5.74, 6) is 1.78. The number of hydrogen-bond donors (Lipinski definition) is 1. The van der Waals surface area contributed by atoms with Gasteiger partial charge in [0.2, 0.25) is 11.8 Å². The summed E-state index contributed by atoms with van der Waals surface area (Å²) in [4.78, 5) is 0. The van der Waals surface area contributed by atoms with Crippen LogP contribution in [0.4, 0.5) is 0 Å². The van der Waals surface area contributed by atoms with Crippen molar-refractivity contribution in [1.29, 1.82) is 0 Å². The summed E-state index contributed by atoms with van der Waals surface area (Å²) in [6.07, 6.45) is 2.29. The number of nitrogens with zero attached hydrogens (tertiary/aromatic N) is 2. The van der Waals surface area contributed by atoms with E-state index in [4.69, 9.17) is 4.42 Å². The Labute approximate surface area is 98.6 Å². The van der Waals surface area contributed by atoms with Gasteiger partial charge in [-0.3, -0.25) is 0 Å². The van der Waals surface area contributed by atoms with Gasteiger partial charge in [-0.15, -0.1) is 10.2 Å². The smallest absolute Gasteiger partial charge is 0.247 e. The molecule has 1 aliphatic rings. The maximum absolute atomic E-state index is 9.22. The maximum atomic E-state index is 9.22. The largest absolute Gasteiger partial charge is 0.508 e. The van der Waals surface area contributed by atoms with E-state index >= 15 is 0 Å². The molecule has 0 amide bonds. The maximum Gasteiger partial charge on any atom is 0.247 e. The van der Waals surface area contributed by atoms with Crippen molar-refractivity contribution in [2.24, 2.45) is 0 Å². The second-order valence-corrected chi connectivity index (χ2v) is 4.24. The van der Waals surface area contributed by atoms with E-state index < -0.39 is 0 Å². The summed E-state index contributed by atoms with van der Waals surface area (Å²) in [6.45, 7) is 3.47. The molecule has 0 spiro atoms. The molecule has 4 nitrogen and oxygen atoms in total. The number of hydrogen-bond acceptors (Lipinski definition) is 4. The molecular weight excluding hydrogens is 216 g/mol. The highest BCUT2D eigenvalue weighted by atomic mass is 16.4. The molecule has 0 bridgehead atoms. The molecule has 4 heteroatoms. The molecule has 1 aliphatic carbocycles. The lowest BCUT2D eigenvalue weighted by Crippen LogP contribution is -1.82. The molecule has 3 rings (SSSR count). The van der Waals surface area contributed by atoms with Crippen molar-refractivity contribution in [3.05, 3.63) is 42.3 Å².